The Morgan fingerprint density at radius 3 is 2.77 bits per heavy atom. The Labute approximate surface area is 131 Å². The van der Waals surface area contributed by atoms with Gasteiger partial charge >= 0.3 is 0 Å². The van der Waals surface area contributed by atoms with Crippen molar-refractivity contribution in [3.8, 4) is 0 Å². The maximum atomic E-state index is 5.73. The van der Waals surface area contributed by atoms with Crippen molar-refractivity contribution < 1.29 is 4.42 Å². The summed E-state index contributed by atoms with van der Waals surface area (Å²) in [6, 6.07) is 13.6. The van der Waals surface area contributed by atoms with Crippen molar-refractivity contribution in [3.63, 3.8) is 0 Å². The van der Waals surface area contributed by atoms with Crippen molar-refractivity contribution in [2.75, 3.05) is 0 Å². The summed E-state index contributed by atoms with van der Waals surface area (Å²) in [5, 5.41) is 1.42. The van der Waals surface area contributed by atoms with Gasteiger partial charge in [-0.25, -0.2) is 9.97 Å². The van der Waals surface area contributed by atoms with Crippen molar-refractivity contribution in [3.05, 3.63) is 66.7 Å². The van der Waals surface area contributed by atoms with Gasteiger partial charge in [-0.3, -0.25) is 4.98 Å². The lowest BCUT2D eigenvalue weighted by atomic mass is 10.3. The molecule has 108 valence electrons. The average molecular weight is 308 g/mol. The van der Waals surface area contributed by atoms with Crippen LogP contribution in [0.15, 0.2) is 75.9 Å². The van der Waals surface area contributed by atoms with Crippen molar-refractivity contribution >= 4 is 22.9 Å². The SMILES string of the molecule is c1ccc(Cn2ccnc2Sc2nc3ccccc3o2)nc1. The van der Waals surface area contributed by atoms with Crippen LogP contribution in [0.5, 0.6) is 0 Å². The van der Waals surface area contributed by atoms with Gasteiger partial charge in [-0.05, 0) is 24.3 Å². The summed E-state index contributed by atoms with van der Waals surface area (Å²) in [7, 11) is 0. The molecule has 0 bridgehead atoms. The van der Waals surface area contributed by atoms with E-state index in [0.29, 0.717) is 11.8 Å². The molecule has 3 heterocycles. The molecule has 22 heavy (non-hydrogen) atoms. The van der Waals surface area contributed by atoms with Crippen LogP contribution >= 0.6 is 11.8 Å². The molecule has 1 aromatic carbocycles. The third kappa shape index (κ3) is 2.60. The first kappa shape index (κ1) is 13.1. The van der Waals surface area contributed by atoms with E-state index in [9.17, 15) is 0 Å². The second kappa shape index (κ2) is 5.65. The monoisotopic (exact) mass is 308 g/mol. The van der Waals surface area contributed by atoms with Crippen LogP contribution in [0.1, 0.15) is 5.69 Å². The molecule has 0 atom stereocenters. The number of para-hydroxylation sites is 2. The number of pyridine rings is 1. The van der Waals surface area contributed by atoms with E-state index in [0.717, 1.165) is 22.0 Å². The number of imidazole rings is 1. The van der Waals surface area contributed by atoms with Crippen molar-refractivity contribution in [1.82, 2.24) is 19.5 Å². The maximum Gasteiger partial charge on any atom is 0.264 e. The summed E-state index contributed by atoms with van der Waals surface area (Å²) in [4.78, 5) is 13.2. The lowest BCUT2D eigenvalue weighted by Gasteiger charge is -2.04. The van der Waals surface area contributed by atoms with E-state index in [1.807, 2.05) is 53.2 Å². The Bertz CT molecular complexity index is 868. The fraction of sp³-hybridized carbons (Fsp3) is 0.0625. The van der Waals surface area contributed by atoms with Crippen molar-refractivity contribution in [2.45, 2.75) is 16.9 Å². The van der Waals surface area contributed by atoms with Gasteiger partial charge in [0.05, 0.1) is 12.2 Å². The standard InChI is InChI=1S/C16H12N4OS/c1-2-7-14-13(6-1)19-16(21-14)22-15-18-9-10-20(15)11-12-5-3-4-8-17-12/h1-10H,11H2. The molecule has 0 aliphatic carbocycles. The number of aromatic nitrogens is 4. The van der Waals surface area contributed by atoms with Gasteiger partial charge in [0.15, 0.2) is 10.7 Å². The Hall–Kier alpha value is -2.60. The quantitative estimate of drug-likeness (QED) is 0.576. The maximum absolute atomic E-state index is 5.73. The molecular formula is C16H12N4OS. The van der Waals surface area contributed by atoms with E-state index in [2.05, 4.69) is 15.0 Å². The van der Waals surface area contributed by atoms with Gasteiger partial charge in [-0.2, -0.15) is 0 Å². The second-order valence-corrected chi connectivity index (χ2v) is 5.63. The summed E-state index contributed by atoms with van der Waals surface area (Å²) in [5.74, 6) is 0. The number of oxazole rings is 1. The number of fused-ring (bicyclic) bond motifs is 1. The molecule has 0 saturated carbocycles. The first-order valence-corrected chi connectivity index (χ1v) is 7.64. The largest absolute Gasteiger partial charge is 0.431 e. The second-order valence-electron chi connectivity index (χ2n) is 4.71. The molecule has 0 fully saturated rings. The molecule has 0 amide bonds. The van der Waals surface area contributed by atoms with E-state index < -0.39 is 0 Å². The lowest BCUT2D eigenvalue weighted by Crippen LogP contribution is -2.01. The summed E-state index contributed by atoms with van der Waals surface area (Å²) in [6.45, 7) is 0.670. The van der Waals surface area contributed by atoms with E-state index in [1.54, 1.807) is 12.4 Å². The first-order valence-electron chi connectivity index (χ1n) is 6.83. The van der Waals surface area contributed by atoms with Crippen molar-refractivity contribution in [1.29, 1.82) is 0 Å². The summed E-state index contributed by atoms with van der Waals surface area (Å²) in [5.41, 5.74) is 2.63. The Morgan fingerprint density at radius 2 is 1.91 bits per heavy atom. The molecule has 3 aromatic heterocycles. The summed E-state index contributed by atoms with van der Waals surface area (Å²) >= 11 is 1.41. The van der Waals surface area contributed by atoms with Gasteiger partial charge in [-0.15, -0.1) is 0 Å². The van der Waals surface area contributed by atoms with Gasteiger partial charge < -0.3 is 8.98 Å². The molecule has 0 aliphatic heterocycles. The molecule has 0 spiro atoms. The van der Waals surface area contributed by atoms with Gasteiger partial charge in [-0.1, -0.05) is 18.2 Å². The number of hydrogen-bond acceptors (Lipinski definition) is 5. The zero-order valence-corrected chi connectivity index (χ0v) is 12.4. The Kier molecular flexibility index (Phi) is 3.36. The fourth-order valence-corrected chi connectivity index (χ4v) is 2.95. The van der Waals surface area contributed by atoms with Crippen LogP contribution in [0.3, 0.4) is 0 Å². The number of hydrogen-bond donors (Lipinski definition) is 0. The summed E-state index contributed by atoms with van der Waals surface area (Å²) in [6.07, 6.45) is 5.49. The highest BCUT2D eigenvalue weighted by atomic mass is 32.2. The van der Waals surface area contributed by atoms with Gasteiger partial charge in [0.2, 0.25) is 0 Å². The minimum atomic E-state index is 0.592. The van der Waals surface area contributed by atoms with Gasteiger partial charge in [0.25, 0.3) is 5.22 Å². The van der Waals surface area contributed by atoms with Crippen LogP contribution in [0.25, 0.3) is 11.1 Å². The third-order valence-electron chi connectivity index (χ3n) is 3.19. The minimum Gasteiger partial charge on any atom is -0.431 e. The predicted octanol–water partition coefficient (Wildman–Crippen LogP) is 3.62. The molecule has 0 aliphatic rings. The van der Waals surface area contributed by atoms with E-state index in [1.165, 1.54) is 11.8 Å². The van der Waals surface area contributed by atoms with E-state index in [4.69, 9.17) is 4.42 Å². The van der Waals surface area contributed by atoms with Gasteiger partial charge in [0, 0.05) is 30.4 Å². The van der Waals surface area contributed by atoms with Crippen LogP contribution in [0.4, 0.5) is 0 Å². The summed E-state index contributed by atoms with van der Waals surface area (Å²) < 4.78 is 7.76. The van der Waals surface area contributed by atoms with Crippen LogP contribution in [-0.4, -0.2) is 19.5 Å². The molecule has 4 aromatic rings. The van der Waals surface area contributed by atoms with Crippen LogP contribution in [-0.2, 0) is 6.54 Å². The average Bonchev–Trinajstić information content (AvgIpc) is 3.15. The Balaban J connectivity index is 1.60. The highest BCUT2D eigenvalue weighted by molar-refractivity contribution is 7.99. The first-order chi connectivity index (χ1) is 10.9. The molecule has 0 radical (unpaired) electrons. The molecule has 0 N–H and O–H groups in total. The van der Waals surface area contributed by atoms with E-state index in [-0.39, 0.29) is 0 Å². The van der Waals surface area contributed by atoms with Gasteiger partial charge in [0.1, 0.15) is 5.52 Å². The highest BCUT2D eigenvalue weighted by Crippen LogP contribution is 2.28. The number of benzene rings is 1. The van der Waals surface area contributed by atoms with Crippen LogP contribution in [0, 0.1) is 0 Å². The number of nitrogens with zero attached hydrogens (tertiary/aromatic N) is 4. The van der Waals surface area contributed by atoms with E-state index >= 15 is 0 Å². The Morgan fingerprint density at radius 1 is 1.00 bits per heavy atom. The molecule has 5 nitrogen and oxygen atoms in total. The normalized spacial score (nSPS) is 11.1. The lowest BCUT2D eigenvalue weighted by molar-refractivity contribution is 0.487. The molecular weight excluding hydrogens is 296 g/mol. The minimum absolute atomic E-state index is 0.592. The smallest absolute Gasteiger partial charge is 0.264 e. The molecule has 4 rings (SSSR count). The van der Waals surface area contributed by atoms with Crippen LogP contribution < -0.4 is 0 Å². The predicted molar refractivity (Wildman–Crippen MR) is 83.7 cm³/mol. The van der Waals surface area contributed by atoms with Crippen molar-refractivity contribution in [2.24, 2.45) is 0 Å². The highest BCUT2D eigenvalue weighted by Gasteiger charge is 2.11. The third-order valence-corrected chi connectivity index (χ3v) is 4.06. The van der Waals surface area contributed by atoms with Crippen LogP contribution in [0.2, 0.25) is 0 Å². The molecule has 0 saturated heterocycles. The topological polar surface area (TPSA) is 56.7 Å². The number of rotatable bonds is 4. The molecule has 0 unspecified atom stereocenters. The zero-order chi connectivity index (χ0) is 14.8. The fourth-order valence-electron chi connectivity index (χ4n) is 2.16. The zero-order valence-electron chi connectivity index (χ0n) is 11.6. The molecule has 6 heteroatoms.